The fourth-order valence-corrected chi connectivity index (χ4v) is 1.97. The lowest BCUT2D eigenvalue weighted by Gasteiger charge is -2.32. The molecular weight excluding hydrogens is 184 g/mol. The van der Waals surface area contributed by atoms with Gasteiger partial charge in [-0.3, -0.25) is 0 Å². The lowest BCUT2D eigenvalue weighted by atomic mass is 9.73. The van der Waals surface area contributed by atoms with Gasteiger partial charge in [-0.15, -0.1) is 0 Å². The Bertz CT molecular complexity index is 381. The Morgan fingerprint density at radius 2 is 1.93 bits per heavy atom. The van der Waals surface area contributed by atoms with E-state index < -0.39 is 0 Å². The van der Waals surface area contributed by atoms with Gasteiger partial charge < -0.3 is 0 Å². The van der Waals surface area contributed by atoms with Crippen molar-refractivity contribution in [1.82, 2.24) is 0 Å². The third-order valence-corrected chi connectivity index (χ3v) is 3.30. The first-order valence-corrected chi connectivity index (χ1v) is 5.23. The Balaban J connectivity index is 3.12. The van der Waals surface area contributed by atoms with E-state index >= 15 is 0 Å². The van der Waals surface area contributed by atoms with Gasteiger partial charge in [-0.25, -0.2) is 0 Å². The monoisotopic (exact) mass is 200 g/mol. The van der Waals surface area contributed by atoms with Crippen LogP contribution in [-0.4, -0.2) is 0 Å². The Kier molecular flexibility index (Phi) is 3.32. The van der Waals surface area contributed by atoms with E-state index in [1.54, 1.807) is 6.08 Å². The van der Waals surface area contributed by atoms with Crippen molar-refractivity contribution in [2.24, 2.45) is 5.41 Å². The molecule has 0 radical (unpaired) electrons. The first kappa shape index (κ1) is 11.5. The Morgan fingerprint density at radius 1 is 1.33 bits per heavy atom. The zero-order chi connectivity index (χ0) is 11.5. The summed E-state index contributed by atoms with van der Waals surface area (Å²) < 4.78 is 0. The molecule has 2 nitrogen and oxygen atoms in total. The normalized spacial score (nSPS) is 19.0. The van der Waals surface area contributed by atoms with E-state index in [4.69, 9.17) is 10.5 Å². The second-order valence-corrected chi connectivity index (χ2v) is 4.67. The number of allylic oxidation sites excluding steroid dienone is 4. The van der Waals surface area contributed by atoms with Crippen LogP contribution < -0.4 is 0 Å². The number of rotatable bonds is 1. The molecule has 0 heterocycles. The summed E-state index contributed by atoms with van der Waals surface area (Å²) in [6.45, 7) is 6.54. The van der Waals surface area contributed by atoms with E-state index in [1.165, 1.54) is 17.6 Å². The van der Waals surface area contributed by atoms with E-state index in [2.05, 4.69) is 20.8 Å². The molecule has 0 saturated heterocycles. The van der Waals surface area contributed by atoms with Crippen molar-refractivity contribution in [2.75, 3.05) is 0 Å². The van der Waals surface area contributed by atoms with Crippen molar-refractivity contribution in [2.45, 2.75) is 40.0 Å². The van der Waals surface area contributed by atoms with Gasteiger partial charge in [-0.05, 0) is 43.3 Å². The van der Waals surface area contributed by atoms with Crippen LogP contribution in [0.2, 0.25) is 0 Å². The van der Waals surface area contributed by atoms with Crippen LogP contribution in [0, 0.1) is 28.1 Å². The van der Waals surface area contributed by atoms with Gasteiger partial charge in [0.05, 0.1) is 0 Å². The molecule has 1 aliphatic carbocycles. The van der Waals surface area contributed by atoms with E-state index in [1.807, 2.05) is 12.1 Å². The zero-order valence-corrected chi connectivity index (χ0v) is 9.59. The highest BCUT2D eigenvalue weighted by molar-refractivity contribution is 5.44. The third-order valence-electron chi connectivity index (χ3n) is 3.30. The lowest BCUT2D eigenvalue weighted by molar-refractivity contribution is 0.370. The summed E-state index contributed by atoms with van der Waals surface area (Å²) in [5.74, 6) is 0. The quantitative estimate of drug-likeness (QED) is 0.608. The van der Waals surface area contributed by atoms with Gasteiger partial charge in [0, 0.05) is 0 Å². The summed E-state index contributed by atoms with van der Waals surface area (Å²) in [5.41, 5.74) is 2.91. The first-order chi connectivity index (χ1) is 7.01. The maximum atomic E-state index is 8.71. The van der Waals surface area contributed by atoms with Crippen LogP contribution in [0.3, 0.4) is 0 Å². The van der Waals surface area contributed by atoms with Gasteiger partial charge in [0.25, 0.3) is 0 Å². The van der Waals surface area contributed by atoms with Crippen molar-refractivity contribution in [1.29, 1.82) is 10.5 Å². The first-order valence-electron chi connectivity index (χ1n) is 5.23. The molecule has 0 aliphatic heterocycles. The molecule has 15 heavy (non-hydrogen) atoms. The average molecular weight is 200 g/mol. The van der Waals surface area contributed by atoms with Crippen molar-refractivity contribution in [3.63, 3.8) is 0 Å². The lowest BCUT2D eigenvalue weighted by Crippen LogP contribution is -2.18. The highest BCUT2D eigenvalue weighted by Gasteiger charge is 2.25. The van der Waals surface area contributed by atoms with Gasteiger partial charge in [0.15, 0.2) is 0 Å². The van der Waals surface area contributed by atoms with Crippen LogP contribution in [0.25, 0.3) is 0 Å². The maximum absolute atomic E-state index is 8.71. The van der Waals surface area contributed by atoms with E-state index in [-0.39, 0.29) is 11.0 Å². The molecule has 0 aromatic heterocycles. The highest BCUT2D eigenvalue weighted by atomic mass is 14.3. The zero-order valence-electron chi connectivity index (χ0n) is 9.59. The van der Waals surface area contributed by atoms with E-state index in [0.717, 1.165) is 12.8 Å². The second-order valence-electron chi connectivity index (χ2n) is 4.67. The summed E-state index contributed by atoms with van der Waals surface area (Å²) in [4.78, 5) is 0. The molecule has 0 aromatic carbocycles. The number of nitrogens with zero attached hydrogens (tertiary/aromatic N) is 2. The molecule has 0 atom stereocenters. The summed E-state index contributed by atoms with van der Waals surface area (Å²) in [7, 11) is 0. The molecule has 78 valence electrons. The van der Waals surface area contributed by atoms with Crippen LogP contribution in [-0.2, 0) is 0 Å². The largest absolute Gasteiger partial charge is 0.192 e. The van der Waals surface area contributed by atoms with Gasteiger partial charge in [0.1, 0.15) is 17.7 Å². The molecule has 0 unspecified atom stereocenters. The molecule has 0 aromatic rings. The molecule has 0 fully saturated rings. The van der Waals surface area contributed by atoms with Crippen LogP contribution in [0.15, 0.2) is 22.8 Å². The molecule has 0 N–H and O–H groups in total. The topological polar surface area (TPSA) is 47.6 Å². The highest BCUT2D eigenvalue weighted by Crippen LogP contribution is 2.40. The van der Waals surface area contributed by atoms with Gasteiger partial charge >= 0.3 is 0 Å². The van der Waals surface area contributed by atoms with Crippen molar-refractivity contribution in [3.05, 3.63) is 22.8 Å². The summed E-state index contributed by atoms with van der Waals surface area (Å²) in [5, 5.41) is 17.4. The van der Waals surface area contributed by atoms with Gasteiger partial charge in [0.2, 0.25) is 0 Å². The summed E-state index contributed by atoms with van der Waals surface area (Å²) in [6.07, 6.45) is 5.06. The van der Waals surface area contributed by atoms with Crippen LogP contribution >= 0.6 is 0 Å². The maximum Gasteiger partial charge on any atom is 0.129 e. The number of hydrogen-bond donors (Lipinski definition) is 0. The summed E-state index contributed by atoms with van der Waals surface area (Å²) in [6, 6.07) is 3.83. The van der Waals surface area contributed by atoms with Gasteiger partial charge in [-0.2, -0.15) is 10.5 Å². The molecule has 1 aliphatic rings. The average Bonchev–Trinajstić information content (AvgIpc) is 2.20. The third kappa shape index (κ3) is 2.48. The minimum absolute atomic E-state index is 0.208. The molecule has 1 rings (SSSR count). The van der Waals surface area contributed by atoms with Crippen LogP contribution in [0.5, 0.6) is 0 Å². The van der Waals surface area contributed by atoms with Crippen LogP contribution in [0.4, 0.5) is 0 Å². The van der Waals surface area contributed by atoms with Crippen molar-refractivity contribution in [3.8, 4) is 12.1 Å². The van der Waals surface area contributed by atoms with Crippen LogP contribution in [0.1, 0.15) is 40.0 Å². The minimum atomic E-state index is 0.208. The molecule has 0 saturated carbocycles. The summed E-state index contributed by atoms with van der Waals surface area (Å²) >= 11 is 0. The fraction of sp³-hybridized carbons (Fsp3) is 0.538. The standard InChI is InChI=1S/C13H16N2/c1-10-12(7-11(8-14)9-15)5-4-6-13(10,2)3/h7H,4-6H2,1-3H3. The van der Waals surface area contributed by atoms with Crippen molar-refractivity contribution >= 4 is 0 Å². The Hall–Kier alpha value is -1.54. The van der Waals surface area contributed by atoms with E-state index in [0.29, 0.717) is 0 Å². The number of hydrogen-bond acceptors (Lipinski definition) is 2. The Labute approximate surface area is 91.5 Å². The second kappa shape index (κ2) is 4.32. The minimum Gasteiger partial charge on any atom is -0.192 e. The predicted octanol–water partition coefficient (Wildman–Crippen LogP) is 3.49. The molecule has 2 heteroatoms. The molecule has 0 spiro atoms. The molecule has 0 bridgehead atoms. The van der Waals surface area contributed by atoms with E-state index in [9.17, 15) is 0 Å². The molecular formula is C13H16N2. The smallest absolute Gasteiger partial charge is 0.129 e. The predicted molar refractivity (Wildman–Crippen MR) is 59.6 cm³/mol. The van der Waals surface area contributed by atoms with Crippen molar-refractivity contribution < 1.29 is 0 Å². The number of nitriles is 2. The fourth-order valence-electron chi connectivity index (χ4n) is 1.97. The SMILES string of the molecule is CC1=C(C=C(C#N)C#N)CCCC1(C)C. The molecule has 0 amide bonds. The van der Waals surface area contributed by atoms with Gasteiger partial charge in [-0.1, -0.05) is 19.4 Å². The Morgan fingerprint density at radius 3 is 2.47 bits per heavy atom.